The SMILES string of the molecule is CCCCC/C=C\C/C=C\CCCCCCCCCC(=O)OC(COC(=O)CCCCCCCCCCCCCCCCCCCCCCCCCCCCC)COC(OCC[N+](C)(C)C)C(=O)O. The third-order valence-corrected chi connectivity index (χ3v) is 13.2. The Morgan fingerprint density at radius 1 is 0.435 bits per heavy atom. The van der Waals surface area contributed by atoms with Crippen LogP contribution in [0.25, 0.3) is 0 Å². The molecule has 0 aromatic heterocycles. The molecule has 9 nitrogen and oxygen atoms in total. The number of carbonyl (C=O) groups excluding carboxylic acids is 2. The van der Waals surface area contributed by atoms with Crippen LogP contribution in [0.5, 0.6) is 0 Å². The quantitative estimate of drug-likeness (QED) is 0.0211. The van der Waals surface area contributed by atoms with E-state index in [0.717, 1.165) is 51.4 Å². The Kier molecular flexibility index (Phi) is 50.4. The number of likely N-dealkylation sites (N-methyl/N-ethyl adjacent to an activating group) is 1. The fourth-order valence-electron chi connectivity index (χ4n) is 8.63. The number of ether oxygens (including phenoxy) is 4. The minimum atomic E-state index is -1.51. The number of unbranched alkanes of at least 4 members (excludes halogenated alkanes) is 36. The van der Waals surface area contributed by atoms with Crippen molar-refractivity contribution in [2.75, 3.05) is 47.5 Å². The van der Waals surface area contributed by atoms with Gasteiger partial charge in [0.05, 0.1) is 34.4 Å². The number of rotatable bonds is 55. The van der Waals surface area contributed by atoms with E-state index in [9.17, 15) is 19.5 Å². The van der Waals surface area contributed by atoms with Crippen molar-refractivity contribution in [3.05, 3.63) is 24.3 Å². The highest BCUT2D eigenvalue weighted by molar-refractivity contribution is 5.71. The maximum absolute atomic E-state index is 12.8. The van der Waals surface area contributed by atoms with Crippen molar-refractivity contribution in [3.63, 3.8) is 0 Å². The number of hydrogen-bond acceptors (Lipinski definition) is 7. The summed E-state index contributed by atoms with van der Waals surface area (Å²) in [5.41, 5.74) is 0. The molecule has 0 rings (SSSR count). The molecule has 0 heterocycles. The number of carbonyl (C=O) groups is 3. The molecule has 0 aromatic rings. The highest BCUT2D eigenvalue weighted by Crippen LogP contribution is 2.17. The normalized spacial score (nSPS) is 12.9. The number of aliphatic carboxylic acids is 1. The van der Waals surface area contributed by atoms with Crippen molar-refractivity contribution in [2.24, 2.45) is 0 Å². The van der Waals surface area contributed by atoms with Crippen LogP contribution in [0, 0.1) is 0 Å². The van der Waals surface area contributed by atoms with Gasteiger partial charge in [0.2, 0.25) is 0 Å². The molecule has 0 radical (unpaired) electrons. The molecular formula is C60H114NO8+. The Morgan fingerprint density at radius 3 is 1.17 bits per heavy atom. The lowest BCUT2D eigenvalue weighted by Gasteiger charge is -2.25. The lowest BCUT2D eigenvalue weighted by molar-refractivity contribution is -0.870. The van der Waals surface area contributed by atoms with Crippen LogP contribution in [0.3, 0.4) is 0 Å². The summed E-state index contributed by atoms with van der Waals surface area (Å²) in [6.07, 6.45) is 58.3. The van der Waals surface area contributed by atoms with Crippen LogP contribution >= 0.6 is 0 Å². The predicted octanol–water partition coefficient (Wildman–Crippen LogP) is 17.1. The van der Waals surface area contributed by atoms with Crippen molar-refractivity contribution >= 4 is 17.9 Å². The average molecular weight is 978 g/mol. The fourth-order valence-corrected chi connectivity index (χ4v) is 8.63. The van der Waals surface area contributed by atoms with Crippen molar-refractivity contribution in [2.45, 2.75) is 296 Å². The zero-order valence-corrected chi connectivity index (χ0v) is 46.2. The topological polar surface area (TPSA) is 108 Å². The molecule has 0 aliphatic rings. The molecule has 9 heteroatoms. The van der Waals surface area contributed by atoms with Crippen LogP contribution in [0.1, 0.15) is 284 Å². The summed E-state index contributed by atoms with van der Waals surface area (Å²) in [5.74, 6) is -2.00. The summed E-state index contributed by atoms with van der Waals surface area (Å²) in [4.78, 5) is 37.4. The van der Waals surface area contributed by atoms with Crippen LogP contribution in [0.2, 0.25) is 0 Å². The van der Waals surface area contributed by atoms with E-state index in [2.05, 4.69) is 38.2 Å². The third-order valence-electron chi connectivity index (χ3n) is 13.2. The highest BCUT2D eigenvalue weighted by atomic mass is 16.7. The number of hydrogen-bond donors (Lipinski definition) is 1. The number of esters is 2. The van der Waals surface area contributed by atoms with Gasteiger partial charge in [-0.05, 0) is 44.9 Å². The first-order valence-corrected chi connectivity index (χ1v) is 29.5. The molecule has 0 aromatic carbocycles. The molecule has 1 N–H and O–H groups in total. The van der Waals surface area contributed by atoms with Crippen LogP contribution in [-0.4, -0.2) is 87.4 Å². The van der Waals surface area contributed by atoms with Gasteiger partial charge in [-0.25, -0.2) is 4.79 Å². The Labute approximate surface area is 427 Å². The van der Waals surface area contributed by atoms with Gasteiger partial charge in [-0.3, -0.25) is 9.59 Å². The van der Waals surface area contributed by atoms with Crippen molar-refractivity contribution < 1.29 is 42.9 Å². The molecule has 406 valence electrons. The second kappa shape index (κ2) is 52.1. The van der Waals surface area contributed by atoms with E-state index in [-0.39, 0.29) is 32.2 Å². The smallest absolute Gasteiger partial charge is 0.361 e. The van der Waals surface area contributed by atoms with Gasteiger partial charge in [-0.1, -0.05) is 250 Å². The number of carboxylic acid groups (broad SMARTS) is 1. The van der Waals surface area contributed by atoms with Crippen LogP contribution in [0.4, 0.5) is 0 Å². The molecule has 0 fully saturated rings. The first-order valence-electron chi connectivity index (χ1n) is 29.5. The third kappa shape index (κ3) is 53.4. The molecule has 0 amide bonds. The Bertz CT molecular complexity index is 1180. The summed E-state index contributed by atoms with van der Waals surface area (Å²) in [7, 11) is 5.97. The lowest BCUT2D eigenvalue weighted by Crippen LogP contribution is -2.40. The molecule has 0 saturated carbocycles. The van der Waals surface area contributed by atoms with Crippen molar-refractivity contribution in [3.8, 4) is 0 Å². The summed E-state index contributed by atoms with van der Waals surface area (Å²) < 4.78 is 22.9. The molecule has 0 aliphatic heterocycles. The average Bonchev–Trinajstić information content (AvgIpc) is 3.31. The predicted molar refractivity (Wildman–Crippen MR) is 291 cm³/mol. The lowest BCUT2D eigenvalue weighted by atomic mass is 10.0. The molecular weight excluding hydrogens is 863 g/mol. The molecule has 0 saturated heterocycles. The van der Waals surface area contributed by atoms with Gasteiger partial charge in [0, 0.05) is 12.8 Å². The van der Waals surface area contributed by atoms with E-state index in [0.29, 0.717) is 23.9 Å². The van der Waals surface area contributed by atoms with E-state index in [1.54, 1.807) is 0 Å². The summed E-state index contributed by atoms with van der Waals surface area (Å²) >= 11 is 0. The zero-order valence-electron chi connectivity index (χ0n) is 46.2. The zero-order chi connectivity index (χ0) is 50.6. The minimum absolute atomic E-state index is 0.180. The Morgan fingerprint density at radius 2 is 0.783 bits per heavy atom. The highest BCUT2D eigenvalue weighted by Gasteiger charge is 2.25. The van der Waals surface area contributed by atoms with Gasteiger partial charge in [-0.2, -0.15) is 0 Å². The van der Waals surface area contributed by atoms with E-state index in [1.165, 1.54) is 199 Å². The Balaban J connectivity index is 4.15. The van der Waals surface area contributed by atoms with E-state index in [1.807, 2.05) is 21.1 Å². The van der Waals surface area contributed by atoms with Crippen LogP contribution in [-0.2, 0) is 33.3 Å². The van der Waals surface area contributed by atoms with Gasteiger partial charge in [0.1, 0.15) is 13.2 Å². The number of nitrogens with zero attached hydrogens (tertiary/aromatic N) is 1. The van der Waals surface area contributed by atoms with Crippen LogP contribution in [0.15, 0.2) is 24.3 Å². The fraction of sp³-hybridized carbons (Fsp3) is 0.883. The largest absolute Gasteiger partial charge is 0.477 e. The van der Waals surface area contributed by atoms with E-state index in [4.69, 9.17) is 18.9 Å². The summed E-state index contributed by atoms with van der Waals surface area (Å²) in [6, 6.07) is 0. The maximum Gasteiger partial charge on any atom is 0.361 e. The van der Waals surface area contributed by atoms with Crippen LogP contribution < -0.4 is 0 Å². The van der Waals surface area contributed by atoms with Gasteiger partial charge >= 0.3 is 17.9 Å². The second-order valence-corrected chi connectivity index (χ2v) is 21.3. The maximum atomic E-state index is 12.8. The molecule has 0 aliphatic carbocycles. The van der Waals surface area contributed by atoms with Gasteiger partial charge in [-0.15, -0.1) is 0 Å². The molecule has 2 atom stereocenters. The van der Waals surface area contributed by atoms with E-state index < -0.39 is 24.3 Å². The molecule has 0 bridgehead atoms. The summed E-state index contributed by atoms with van der Waals surface area (Å²) in [6.45, 7) is 4.89. The number of carboxylic acids is 1. The molecule has 69 heavy (non-hydrogen) atoms. The van der Waals surface area contributed by atoms with Gasteiger partial charge < -0.3 is 28.5 Å². The van der Waals surface area contributed by atoms with E-state index >= 15 is 0 Å². The number of quaternary nitrogens is 1. The minimum Gasteiger partial charge on any atom is -0.477 e. The standard InChI is InChI=1S/C60H113NO8/c1-6-8-10-12-14-16-18-20-22-24-25-26-27-28-29-30-31-32-33-35-36-38-40-42-44-46-48-50-57(62)67-54-56(55-68-60(59(64)65)66-53-52-61(3,4)5)69-58(63)51-49-47-45-43-41-39-37-34-23-21-19-17-15-13-11-9-7-2/h15,17,21,23,56,60H,6-14,16,18-20,22,24-55H2,1-5H3/p+1/b17-15-,23-21-. The number of allylic oxidation sites excluding steroid dienone is 4. The molecule has 0 spiro atoms. The van der Waals surface area contributed by atoms with Crippen molar-refractivity contribution in [1.82, 2.24) is 0 Å². The first-order chi connectivity index (χ1) is 33.6. The first kappa shape index (κ1) is 66.8. The monoisotopic (exact) mass is 977 g/mol. The van der Waals surface area contributed by atoms with Gasteiger partial charge in [0.25, 0.3) is 6.29 Å². The molecule has 2 unspecified atom stereocenters. The Hall–Kier alpha value is -2.23. The summed E-state index contributed by atoms with van der Waals surface area (Å²) in [5, 5.41) is 9.69. The van der Waals surface area contributed by atoms with Gasteiger partial charge in [0.15, 0.2) is 6.10 Å². The second-order valence-electron chi connectivity index (χ2n) is 21.3. The van der Waals surface area contributed by atoms with Crippen molar-refractivity contribution in [1.29, 1.82) is 0 Å².